The van der Waals surface area contributed by atoms with E-state index in [4.69, 9.17) is 0 Å². The van der Waals surface area contributed by atoms with Crippen LogP contribution in [0.3, 0.4) is 0 Å². The first-order chi connectivity index (χ1) is 13.6. The van der Waals surface area contributed by atoms with Crippen molar-refractivity contribution < 1.29 is 10.4 Å². The van der Waals surface area contributed by atoms with Crippen molar-refractivity contribution in [3.05, 3.63) is 61.9 Å². The Morgan fingerprint density at radius 3 is 2.82 bits per heavy atom. The van der Waals surface area contributed by atoms with Gasteiger partial charge in [-0.2, -0.15) is 0 Å². The molecule has 0 bridgehead atoms. The minimum absolute atomic E-state index is 0.210. The van der Waals surface area contributed by atoms with Crippen LogP contribution in [0.4, 0.5) is 0 Å². The van der Waals surface area contributed by atoms with Crippen molar-refractivity contribution in [2.45, 2.75) is 51.6 Å². The number of fused-ring (bicyclic) bond motifs is 3. The number of para-hydroxylation sites is 1. The first-order valence-electron chi connectivity index (χ1n) is 10.1. The molecule has 3 heterocycles. The molecule has 7 heteroatoms. The third-order valence-electron chi connectivity index (χ3n) is 5.71. The van der Waals surface area contributed by atoms with E-state index in [1.807, 2.05) is 23.5 Å². The van der Waals surface area contributed by atoms with Crippen LogP contribution in [0.25, 0.3) is 10.9 Å². The van der Waals surface area contributed by atoms with Gasteiger partial charge >= 0.3 is 5.69 Å². The third-order valence-corrected chi connectivity index (χ3v) is 5.71. The van der Waals surface area contributed by atoms with Crippen molar-refractivity contribution in [1.29, 1.82) is 0 Å². The first-order valence-corrected chi connectivity index (χ1v) is 10.1. The van der Waals surface area contributed by atoms with E-state index in [0.717, 1.165) is 55.2 Å². The van der Waals surface area contributed by atoms with Crippen LogP contribution in [0.1, 0.15) is 55.5 Å². The molecule has 0 saturated carbocycles. The lowest BCUT2D eigenvalue weighted by Gasteiger charge is -2.22. The lowest BCUT2D eigenvalue weighted by Crippen LogP contribution is -2.87. The molecule has 1 aromatic carbocycles. The number of nitrogens with zero attached hydrogens (tertiary/aromatic N) is 1. The summed E-state index contributed by atoms with van der Waals surface area (Å²) in [6.07, 6.45) is 4.85. The maximum absolute atomic E-state index is 12.7. The fourth-order valence-corrected chi connectivity index (χ4v) is 4.29. The highest BCUT2D eigenvalue weighted by Crippen LogP contribution is 2.31. The Hall–Kier alpha value is -2.80. The minimum Gasteiger partial charge on any atom is -0.494 e. The number of H-pyrrole nitrogens is 2. The maximum Gasteiger partial charge on any atom is 0.331 e. The molecule has 5 N–H and O–H groups in total. The van der Waals surface area contributed by atoms with Gasteiger partial charge in [-0.15, -0.1) is 0 Å². The molecule has 3 aromatic rings. The fraction of sp³-hybridized carbons (Fsp3) is 0.429. The number of hydrogen-bond donors (Lipinski definition) is 4. The van der Waals surface area contributed by atoms with E-state index in [-0.39, 0.29) is 17.5 Å². The van der Waals surface area contributed by atoms with Gasteiger partial charge < -0.3 is 15.4 Å². The Balaban J connectivity index is 1.78. The lowest BCUT2D eigenvalue weighted by molar-refractivity contribution is -0.690. The molecule has 7 nitrogen and oxygen atoms in total. The first kappa shape index (κ1) is 18.6. The Kier molecular flexibility index (Phi) is 5.09. The van der Waals surface area contributed by atoms with Crippen LogP contribution in [0.5, 0.6) is 5.88 Å². The quantitative estimate of drug-likeness (QED) is 0.485. The average molecular weight is 383 g/mol. The SMILES string of the molecule is CCCCCCn1c(O)c([C@@H]2[NH2+]CCc3c2[nH]c2ccccc32)c(=O)[nH]c1=O. The summed E-state index contributed by atoms with van der Waals surface area (Å²) in [6.45, 7) is 3.34. The molecule has 0 radical (unpaired) electrons. The zero-order valence-corrected chi connectivity index (χ0v) is 16.1. The summed E-state index contributed by atoms with van der Waals surface area (Å²) in [5.41, 5.74) is 2.33. The van der Waals surface area contributed by atoms with E-state index < -0.39 is 11.2 Å². The highest BCUT2D eigenvalue weighted by molar-refractivity contribution is 5.85. The van der Waals surface area contributed by atoms with Crippen LogP contribution >= 0.6 is 0 Å². The molecule has 28 heavy (non-hydrogen) atoms. The number of nitrogens with one attached hydrogen (secondary N) is 2. The van der Waals surface area contributed by atoms with Crippen LogP contribution in [0.15, 0.2) is 33.9 Å². The molecule has 0 saturated heterocycles. The standard InChI is InChI=1S/C21H26N4O3/c1-2-3-4-7-12-25-20(27)16(19(26)24-21(25)28)18-17-14(10-11-22-18)13-8-5-6-9-15(13)23-17/h5-6,8-9,18,22-23,27H,2-4,7,10-12H2,1H3,(H,24,26,28)/p+1/t18-/m0/s1. The second-order valence-corrected chi connectivity index (χ2v) is 7.52. The van der Waals surface area contributed by atoms with E-state index in [9.17, 15) is 14.7 Å². The summed E-state index contributed by atoms with van der Waals surface area (Å²) < 4.78 is 1.30. The predicted molar refractivity (Wildman–Crippen MR) is 108 cm³/mol. The van der Waals surface area contributed by atoms with Crippen LogP contribution < -0.4 is 16.6 Å². The highest BCUT2D eigenvalue weighted by atomic mass is 16.3. The van der Waals surface area contributed by atoms with Gasteiger partial charge in [0, 0.05) is 23.9 Å². The number of nitrogens with two attached hydrogens (primary N) is 1. The second kappa shape index (κ2) is 7.67. The number of benzene rings is 1. The Morgan fingerprint density at radius 1 is 1.18 bits per heavy atom. The van der Waals surface area contributed by atoms with Crippen LogP contribution in [-0.4, -0.2) is 26.2 Å². The van der Waals surface area contributed by atoms with Crippen molar-refractivity contribution in [2.24, 2.45) is 0 Å². The summed E-state index contributed by atoms with van der Waals surface area (Å²) in [5, 5.41) is 14.1. The molecule has 0 amide bonds. The molecule has 0 unspecified atom stereocenters. The fourth-order valence-electron chi connectivity index (χ4n) is 4.29. The normalized spacial score (nSPS) is 16.4. The molecule has 1 aliphatic rings. The largest absolute Gasteiger partial charge is 0.494 e. The van der Waals surface area contributed by atoms with Crippen molar-refractivity contribution in [1.82, 2.24) is 14.5 Å². The Bertz CT molecular complexity index is 1110. The summed E-state index contributed by atoms with van der Waals surface area (Å²) in [6, 6.07) is 7.71. The molecular formula is C21H27N4O3+. The number of hydrogen-bond acceptors (Lipinski definition) is 3. The predicted octanol–water partition coefficient (Wildman–Crippen LogP) is 1.51. The van der Waals surface area contributed by atoms with E-state index in [2.05, 4.69) is 23.0 Å². The van der Waals surface area contributed by atoms with E-state index in [1.165, 1.54) is 10.1 Å². The highest BCUT2D eigenvalue weighted by Gasteiger charge is 2.34. The number of aromatic hydroxyl groups is 1. The maximum atomic E-state index is 12.7. The summed E-state index contributed by atoms with van der Waals surface area (Å²) in [7, 11) is 0. The monoisotopic (exact) mass is 383 g/mol. The van der Waals surface area contributed by atoms with Gasteiger partial charge in [-0.1, -0.05) is 44.4 Å². The molecule has 0 aliphatic carbocycles. The minimum atomic E-state index is -0.546. The molecule has 148 valence electrons. The molecular weight excluding hydrogens is 356 g/mol. The molecule has 4 rings (SSSR count). The topological polar surface area (TPSA) is 107 Å². The molecule has 0 spiro atoms. The van der Waals surface area contributed by atoms with Crippen molar-refractivity contribution in [3.63, 3.8) is 0 Å². The van der Waals surface area contributed by atoms with Gasteiger partial charge in [-0.05, 0) is 18.1 Å². The van der Waals surface area contributed by atoms with Crippen LogP contribution in [0, 0.1) is 0 Å². The van der Waals surface area contributed by atoms with Crippen molar-refractivity contribution in [3.8, 4) is 5.88 Å². The van der Waals surface area contributed by atoms with Gasteiger partial charge in [0.15, 0.2) is 6.04 Å². The third kappa shape index (κ3) is 3.16. The summed E-state index contributed by atoms with van der Waals surface area (Å²) in [5.74, 6) is -0.210. The van der Waals surface area contributed by atoms with Gasteiger partial charge in [0.05, 0.1) is 12.2 Å². The number of aromatic nitrogens is 3. The van der Waals surface area contributed by atoms with Crippen LogP contribution in [0.2, 0.25) is 0 Å². The second-order valence-electron chi connectivity index (χ2n) is 7.52. The Labute approximate surface area is 162 Å². The molecule has 1 atom stereocenters. The van der Waals surface area contributed by atoms with Crippen molar-refractivity contribution >= 4 is 10.9 Å². The van der Waals surface area contributed by atoms with Gasteiger partial charge in [0.2, 0.25) is 5.88 Å². The number of unbranched alkanes of at least 4 members (excludes halogenated alkanes) is 3. The van der Waals surface area contributed by atoms with Crippen LogP contribution in [-0.2, 0) is 13.0 Å². The van der Waals surface area contributed by atoms with Gasteiger partial charge in [0.1, 0.15) is 5.56 Å². The number of aromatic amines is 2. The summed E-state index contributed by atoms with van der Waals surface area (Å²) >= 11 is 0. The average Bonchev–Trinajstić information content (AvgIpc) is 3.07. The molecule has 1 aliphatic heterocycles. The molecule has 0 fully saturated rings. The van der Waals surface area contributed by atoms with E-state index in [1.54, 1.807) is 0 Å². The zero-order valence-electron chi connectivity index (χ0n) is 16.1. The number of quaternary nitrogens is 1. The Morgan fingerprint density at radius 2 is 2.00 bits per heavy atom. The molecule has 2 aromatic heterocycles. The summed E-state index contributed by atoms with van der Waals surface area (Å²) in [4.78, 5) is 30.8. The van der Waals surface area contributed by atoms with E-state index in [0.29, 0.717) is 6.54 Å². The van der Waals surface area contributed by atoms with Gasteiger partial charge in [-0.3, -0.25) is 14.3 Å². The lowest BCUT2D eigenvalue weighted by atomic mass is 9.95. The smallest absolute Gasteiger partial charge is 0.331 e. The number of rotatable bonds is 6. The van der Waals surface area contributed by atoms with Gasteiger partial charge in [0.25, 0.3) is 5.56 Å². The van der Waals surface area contributed by atoms with Gasteiger partial charge in [-0.25, -0.2) is 4.79 Å². The zero-order chi connectivity index (χ0) is 19.7. The van der Waals surface area contributed by atoms with Crippen molar-refractivity contribution in [2.75, 3.05) is 6.54 Å². The van der Waals surface area contributed by atoms with E-state index >= 15 is 0 Å².